The molecule has 0 bridgehead atoms. The molecule has 0 N–H and O–H groups in total. The highest BCUT2D eigenvalue weighted by Crippen LogP contribution is 2.57. The molecule has 1 aromatic heterocycles. The second kappa shape index (κ2) is 11.7. The van der Waals surface area contributed by atoms with Crippen molar-refractivity contribution in [1.82, 2.24) is 0 Å². The Balaban J connectivity index is 1.12. The predicted molar refractivity (Wildman–Crippen MR) is 239 cm³/mol. The highest BCUT2D eigenvalue weighted by Gasteiger charge is 2.40. The molecule has 10 aromatic rings. The molecule has 2 aliphatic rings. The molecule has 264 valence electrons. The summed E-state index contributed by atoms with van der Waals surface area (Å²) in [4.78, 5) is 0. The summed E-state index contributed by atoms with van der Waals surface area (Å²) in [6, 6.07) is 56.5. The largest absolute Gasteiger partial charge is 0.455 e. The summed E-state index contributed by atoms with van der Waals surface area (Å²) in [6.45, 7) is 4.80. The van der Waals surface area contributed by atoms with Gasteiger partial charge in [-0.2, -0.15) is 0 Å². The minimum atomic E-state index is -0.247. The number of rotatable bonds is 3. The molecular formula is C55H38O. The predicted octanol–water partition coefficient (Wildman–Crippen LogP) is 15.6. The van der Waals surface area contributed by atoms with Crippen molar-refractivity contribution in [3.05, 3.63) is 187 Å². The lowest BCUT2D eigenvalue weighted by molar-refractivity contribution is 0.658. The van der Waals surface area contributed by atoms with Crippen molar-refractivity contribution in [3.63, 3.8) is 0 Å². The van der Waals surface area contributed by atoms with Gasteiger partial charge in [0.05, 0.1) is 0 Å². The SMILES string of the molecule is CC1(C)c2cc(-c3c4ccccc4c(-c4ccc(C5=CC=CCC5)c5ccccc45)c4ccccc34)ccc2-c2c1c1ccccc1c1c2oc2ccccc21. The van der Waals surface area contributed by atoms with Crippen molar-refractivity contribution < 1.29 is 4.42 Å². The van der Waals surface area contributed by atoms with Gasteiger partial charge in [-0.15, -0.1) is 0 Å². The lowest BCUT2D eigenvalue weighted by Crippen LogP contribution is -2.15. The Hall–Kier alpha value is -6.70. The Kier molecular flexibility index (Phi) is 6.58. The van der Waals surface area contributed by atoms with Crippen molar-refractivity contribution in [2.45, 2.75) is 32.1 Å². The second-order valence-corrected chi connectivity index (χ2v) is 16.2. The van der Waals surface area contributed by atoms with Crippen LogP contribution in [0.2, 0.25) is 0 Å². The molecule has 0 aliphatic heterocycles. The average molecular weight is 715 g/mol. The Morgan fingerprint density at radius 1 is 0.482 bits per heavy atom. The van der Waals surface area contributed by atoms with Crippen molar-refractivity contribution >= 4 is 70.6 Å². The van der Waals surface area contributed by atoms with Gasteiger partial charge in [0, 0.05) is 21.8 Å². The van der Waals surface area contributed by atoms with Crippen LogP contribution in [0.3, 0.4) is 0 Å². The number of benzene rings is 9. The molecule has 9 aromatic carbocycles. The number of hydrogen-bond acceptors (Lipinski definition) is 1. The summed E-state index contributed by atoms with van der Waals surface area (Å²) in [5.41, 5.74) is 14.7. The van der Waals surface area contributed by atoms with Crippen LogP contribution in [0.15, 0.2) is 174 Å². The highest BCUT2D eigenvalue weighted by atomic mass is 16.3. The van der Waals surface area contributed by atoms with Gasteiger partial charge in [-0.05, 0) is 118 Å². The number of furan rings is 1. The number of para-hydroxylation sites is 1. The van der Waals surface area contributed by atoms with Crippen LogP contribution < -0.4 is 0 Å². The summed E-state index contributed by atoms with van der Waals surface area (Å²) in [6.07, 6.45) is 8.93. The Labute approximate surface area is 325 Å². The van der Waals surface area contributed by atoms with Crippen molar-refractivity contribution in [1.29, 1.82) is 0 Å². The van der Waals surface area contributed by atoms with E-state index in [4.69, 9.17) is 4.42 Å². The van der Waals surface area contributed by atoms with Gasteiger partial charge in [0.1, 0.15) is 11.2 Å². The molecule has 0 atom stereocenters. The molecule has 1 heterocycles. The molecule has 12 rings (SSSR count). The molecule has 56 heavy (non-hydrogen) atoms. The molecule has 0 radical (unpaired) electrons. The van der Waals surface area contributed by atoms with E-state index >= 15 is 0 Å². The first-order valence-electron chi connectivity index (χ1n) is 19.9. The lowest BCUT2D eigenvalue weighted by atomic mass is 9.78. The van der Waals surface area contributed by atoms with Crippen LogP contribution in [0, 0.1) is 0 Å². The molecule has 0 saturated heterocycles. The normalized spacial score (nSPS) is 14.6. The number of allylic oxidation sites excluding steroid dienone is 4. The lowest BCUT2D eigenvalue weighted by Gasteiger charge is -2.24. The van der Waals surface area contributed by atoms with E-state index in [1.165, 1.54) is 110 Å². The maximum Gasteiger partial charge on any atom is 0.144 e. The minimum Gasteiger partial charge on any atom is -0.455 e. The third-order valence-corrected chi connectivity index (χ3v) is 12.9. The summed E-state index contributed by atoms with van der Waals surface area (Å²) < 4.78 is 6.81. The first-order chi connectivity index (χ1) is 27.6. The van der Waals surface area contributed by atoms with E-state index in [0.717, 1.165) is 24.0 Å². The van der Waals surface area contributed by atoms with Gasteiger partial charge in [0.2, 0.25) is 0 Å². The van der Waals surface area contributed by atoms with Gasteiger partial charge in [-0.25, -0.2) is 0 Å². The molecule has 1 nitrogen and oxygen atoms in total. The number of fused-ring (bicyclic) bond motifs is 13. The van der Waals surface area contributed by atoms with Gasteiger partial charge < -0.3 is 4.42 Å². The zero-order chi connectivity index (χ0) is 37.1. The van der Waals surface area contributed by atoms with Crippen LogP contribution in [0.5, 0.6) is 0 Å². The Morgan fingerprint density at radius 3 is 1.71 bits per heavy atom. The van der Waals surface area contributed by atoms with E-state index in [1.54, 1.807) is 0 Å². The molecule has 0 saturated carbocycles. The summed E-state index contributed by atoms with van der Waals surface area (Å²) in [5.74, 6) is 0. The Bertz CT molecular complexity index is 3330. The fourth-order valence-electron chi connectivity index (χ4n) is 10.5. The molecule has 0 unspecified atom stereocenters. The fraction of sp³-hybridized carbons (Fsp3) is 0.0909. The van der Waals surface area contributed by atoms with E-state index < -0.39 is 0 Å². The van der Waals surface area contributed by atoms with E-state index in [9.17, 15) is 0 Å². The molecule has 0 spiro atoms. The van der Waals surface area contributed by atoms with Gasteiger partial charge in [0.25, 0.3) is 0 Å². The summed E-state index contributed by atoms with van der Waals surface area (Å²) in [7, 11) is 0. The monoisotopic (exact) mass is 714 g/mol. The zero-order valence-electron chi connectivity index (χ0n) is 31.5. The molecule has 0 fully saturated rings. The van der Waals surface area contributed by atoms with Crippen LogP contribution in [0.4, 0.5) is 0 Å². The highest BCUT2D eigenvalue weighted by molar-refractivity contribution is 6.26. The topological polar surface area (TPSA) is 13.1 Å². The third kappa shape index (κ3) is 4.26. The van der Waals surface area contributed by atoms with Crippen LogP contribution in [0.1, 0.15) is 43.4 Å². The van der Waals surface area contributed by atoms with Crippen molar-refractivity contribution in [2.75, 3.05) is 0 Å². The molecule has 2 aliphatic carbocycles. The first kappa shape index (κ1) is 31.6. The third-order valence-electron chi connectivity index (χ3n) is 12.9. The quantitative estimate of drug-likeness (QED) is 0.166. The van der Waals surface area contributed by atoms with Crippen molar-refractivity contribution in [2.24, 2.45) is 0 Å². The zero-order valence-corrected chi connectivity index (χ0v) is 31.5. The van der Waals surface area contributed by atoms with Crippen LogP contribution in [-0.4, -0.2) is 0 Å². The van der Waals surface area contributed by atoms with Crippen LogP contribution in [0.25, 0.3) is 104 Å². The minimum absolute atomic E-state index is 0.247. The molecular weight excluding hydrogens is 677 g/mol. The smallest absolute Gasteiger partial charge is 0.144 e. The Morgan fingerprint density at radius 2 is 1.04 bits per heavy atom. The van der Waals surface area contributed by atoms with Gasteiger partial charge in [0.15, 0.2) is 0 Å². The van der Waals surface area contributed by atoms with Crippen LogP contribution in [-0.2, 0) is 5.41 Å². The fourth-order valence-corrected chi connectivity index (χ4v) is 10.5. The molecule has 1 heteroatoms. The van der Waals surface area contributed by atoms with E-state index in [-0.39, 0.29) is 5.41 Å². The maximum atomic E-state index is 6.81. The van der Waals surface area contributed by atoms with E-state index in [2.05, 4.69) is 184 Å². The van der Waals surface area contributed by atoms with E-state index in [1.807, 2.05) is 0 Å². The molecule has 0 amide bonds. The summed E-state index contributed by atoms with van der Waals surface area (Å²) in [5, 5.41) is 12.7. The van der Waals surface area contributed by atoms with Gasteiger partial charge in [-0.3, -0.25) is 0 Å². The van der Waals surface area contributed by atoms with Gasteiger partial charge >= 0.3 is 0 Å². The summed E-state index contributed by atoms with van der Waals surface area (Å²) >= 11 is 0. The van der Waals surface area contributed by atoms with Crippen LogP contribution >= 0.6 is 0 Å². The maximum absolute atomic E-state index is 6.81. The standard InChI is InChI=1S/C55H38O/c1-55(2)47-32-34(28-29-45(47)52-53(55)44-25-13-12-24-42(44)51-46-26-14-15-27-48(46)56-54(51)52)49-38-20-8-10-22-40(38)50(41-23-11-9-21-39(41)49)43-31-30-35(33-16-4-3-5-17-33)36-18-6-7-19-37(36)43/h3-4,6-16,18-32H,5,17H2,1-2H3. The van der Waals surface area contributed by atoms with Crippen molar-refractivity contribution in [3.8, 4) is 33.4 Å². The average Bonchev–Trinajstić information content (AvgIpc) is 3.75. The van der Waals surface area contributed by atoms with Gasteiger partial charge in [-0.1, -0.05) is 172 Å². The number of hydrogen-bond donors (Lipinski definition) is 0. The van der Waals surface area contributed by atoms with E-state index in [0.29, 0.717) is 0 Å². The first-order valence-corrected chi connectivity index (χ1v) is 19.9. The second-order valence-electron chi connectivity index (χ2n) is 16.2.